The Hall–Kier alpha value is -2.30. The number of carbonyl (C=O) groups is 1. The van der Waals surface area contributed by atoms with Crippen molar-refractivity contribution in [2.24, 2.45) is 0 Å². The van der Waals surface area contributed by atoms with Crippen molar-refractivity contribution in [2.75, 3.05) is 23.3 Å². The molecule has 0 aliphatic carbocycles. The summed E-state index contributed by atoms with van der Waals surface area (Å²) < 4.78 is 5.44. The molecule has 1 unspecified atom stereocenters. The van der Waals surface area contributed by atoms with Gasteiger partial charge < -0.3 is 14.7 Å². The Bertz CT molecular complexity index is 760. The molecule has 2 aliphatic rings. The summed E-state index contributed by atoms with van der Waals surface area (Å²) in [5, 5.41) is 7.05. The van der Waals surface area contributed by atoms with Crippen molar-refractivity contribution in [3.8, 4) is 0 Å². The quantitative estimate of drug-likeness (QED) is 0.924. The van der Waals surface area contributed by atoms with E-state index in [1.807, 2.05) is 13.0 Å². The van der Waals surface area contributed by atoms with Gasteiger partial charge in [0.2, 0.25) is 5.91 Å². The minimum atomic E-state index is -0.0497. The first kappa shape index (κ1) is 14.3. The smallest absolute Gasteiger partial charge is 0.225 e. The third kappa shape index (κ3) is 2.40. The zero-order valence-corrected chi connectivity index (χ0v) is 13.6. The molecule has 0 bridgehead atoms. The van der Waals surface area contributed by atoms with E-state index in [9.17, 15) is 4.79 Å². The fraction of sp³-hybridized carbons (Fsp3) is 0.444. The number of fused-ring (bicyclic) bond motifs is 1. The fourth-order valence-electron chi connectivity index (χ4n) is 3.77. The third-order valence-corrected chi connectivity index (χ3v) is 4.93. The summed E-state index contributed by atoms with van der Waals surface area (Å²) in [6, 6.07) is 6.25. The highest BCUT2D eigenvalue weighted by Crippen LogP contribution is 2.42. The second-order valence-corrected chi connectivity index (χ2v) is 6.54. The van der Waals surface area contributed by atoms with E-state index in [1.54, 1.807) is 0 Å². The predicted octanol–water partition coefficient (Wildman–Crippen LogP) is 3.37. The molecule has 5 nitrogen and oxygen atoms in total. The van der Waals surface area contributed by atoms with Gasteiger partial charge in [0, 0.05) is 37.0 Å². The molecule has 120 valence electrons. The van der Waals surface area contributed by atoms with Crippen molar-refractivity contribution in [1.82, 2.24) is 5.16 Å². The maximum atomic E-state index is 12.2. The van der Waals surface area contributed by atoms with Crippen LogP contribution in [0.25, 0.3) is 0 Å². The number of nitrogens with one attached hydrogen (secondary N) is 1. The molecule has 0 spiro atoms. The van der Waals surface area contributed by atoms with Gasteiger partial charge in [-0.15, -0.1) is 0 Å². The largest absolute Gasteiger partial charge is 0.371 e. The molecule has 1 aromatic heterocycles. The zero-order valence-electron chi connectivity index (χ0n) is 13.6. The van der Waals surface area contributed by atoms with Crippen LogP contribution in [0.15, 0.2) is 22.7 Å². The highest BCUT2D eigenvalue weighted by atomic mass is 16.5. The maximum absolute atomic E-state index is 12.2. The lowest BCUT2D eigenvalue weighted by Gasteiger charge is -2.29. The summed E-state index contributed by atoms with van der Waals surface area (Å²) >= 11 is 0. The van der Waals surface area contributed by atoms with E-state index in [0.29, 0.717) is 6.42 Å². The number of carbonyl (C=O) groups excluding carboxylic acids is 1. The molecule has 1 saturated heterocycles. The number of anilines is 2. The van der Waals surface area contributed by atoms with Gasteiger partial charge in [0.05, 0.1) is 11.6 Å². The fourth-order valence-corrected chi connectivity index (χ4v) is 3.77. The Morgan fingerprint density at radius 3 is 2.74 bits per heavy atom. The molecule has 1 fully saturated rings. The Balaban J connectivity index is 1.79. The van der Waals surface area contributed by atoms with Gasteiger partial charge in [0.25, 0.3) is 0 Å². The molecule has 1 atom stereocenters. The summed E-state index contributed by atoms with van der Waals surface area (Å²) in [7, 11) is 0. The molecule has 3 heterocycles. The first-order valence-corrected chi connectivity index (χ1v) is 8.25. The van der Waals surface area contributed by atoms with Crippen LogP contribution < -0.4 is 10.2 Å². The second kappa shape index (κ2) is 5.41. The molecular weight excluding hydrogens is 290 g/mol. The summed E-state index contributed by atoms with van der Waals surface area (Å²) in [5.74, 6) is 0.761. The number of hydrogen-bond acceptors (Lipinski definition) is 4. The van der Waals surface area contributed by atoms with E-state index in [4.69, 9.17) is 4.52 Å². The molecule has 2 aromatic rings. The van der Waals surface area contributed by atoms with Gasteiger partial charge in [-0.1, -0.05) is 11.2 Å². The second-order valence-electron chi connectivity index (χ2n) is 6.54. The van der Waals surface area contributed by atoms with Crippen molar-refractivity contribution >= 4 is 17.3 Å². The molecular formula is C18H21N3O2. The molecule has 1 N–H and O–H groups in total. The van der Waals surface area contributed by atoms with Crippen LogP contribution in [0.2, 0.25) is 0 Å². The molecule has 5 heteroatoms. The van der Waals surface area contributed by atoms with Crippen LogP contribution in [0.5, 0.6) is 0 Å². The molecule has 1 aromatic carbocycles. The lowest BCUT2D eigenvalue weighted by Crippen LogP contribution is -2.26. The van der Waals surface area contributed by atoms with E-state index in [2.05, 4.69) is 34.4 Å². The normalized spacial score (nSPS) is 20.5. The van der Waals surface area contributed by atoms with Crippen LogP contribution in [0.1, 0.15) is 47.8 Å². The van der Waals surface area contributed by atoms with E-state index in [1.165, 1.54) is 18.5 Å². The Labute approximate surface area is 135 Å². The van der Waals surface area contributed by atoms with E-state index in [-0.39, 0.29) is 11.8 Å². The van der Waals surface area contributed by atoms with Crippen molar-refractivity contribution in [3.63, 3.8) is 0 Å². The number of aromatic nitrogens is 1. The number of aryl methyl sites for hydroxylation is 1. The number of nitrogens with zero attached hydrogens (tertiary/aromatic N) is 2. The number of benzene rings is 1. The Kier molecular flexibility index (Phi) is 3.36. The molecule has 2 aliphatic heterocycles. The average molecular weight is 311 g/mol. The van der Waals surface area contributed by atoms with Crippen LogP contribution in [0.3, 0.4) is 0 Å². The van der Waals surface area contributed by atoms with Gasteiger partial charge in [0.1, 0.15) is 5.76 Å². The average Bonchev–Trinajstić information content (AvgIpc) is 3.19. The molecule has 4 rings (SSSR count). The van der Waals surface area contributed by atoms with Gasteiger partial charge in [-0.05, 0) is 43.9 Å². The first-order valence-electron chi connectivity index (χ1n) is 8.25. The van der Waals surface area contributed by atoms with Crippen molar-refractivity contribution < 1.29 is 9.32 Å². The van der Waals surface area contributed by atoms with Crippen LogP contribution in [0.4, 0.5) is 11.4 Å². The number of amides is 1. The standard InChI is InChI=1S/C18H21N3O2/c1-11-9-16(23-20-11)14-10-17(22)19-18-12(2)15(6-5-13(14)18)21-7-3-4-8-21/h5-6,9,14H,3-4,7-8,10H2,1-2H3,(H,19,22). The van der Waals surface area contributed by atoms with Crippen molar-refractivity contribution in [3.05, 3.63) is 40.8 Å². The summed E-state index contributed by atoms with van der Waals surface area (Å²) in [6.07, 6.45) is 2.88. The summed E-state index contributed by atoms with van der Waals surface area (Å²) in [6.45, 7) is 6.19. The number of hydrogen-bond donors (Lipinski definition) is 1. The molecule has 0 radical (unpaired) electrons. The zero-order chi connectivity index (χ0) is 16.0. The van der Waals surface area contributed by atoms with Crippen LogP contribution in [-0.4, -0.2) is 24.2 Å². The maximum Gasteiger partial charge on any atom is 0.225 e. The van der Waals surface area contributed by atoms with Crippen LogP contribution in [-0.2, 0) is 4.79 Å². The lowest BCUT2D eigenvalue weighted by molar-refractivity contribution is -0.116. The molecule has 1 amide bonds. The third-order valence-electron chi connectivity index (χ3n) is 4.93. The van der Waals surface area contributed by atoms with Gasteiger partial charge in [-0.2, -0.15) is 0 Å². The molecule has 23 heavy (non-hydrogen) atoms. The van der Waals surface area contributed by atoms with Crippen LogP contribution >= 0.6 is 0 Å². The molecule has 0 saturated carbocycles. The van der Waals surface area contributed by atoms with Crippen LogP contribution in [0, 0.1) is 13.8 Å². The SMILES string of the molecule is Cc1cc(C2CC(=O)Nc3c2ccc(N2CCCC2)c3C)on1. The highest BCUT2D eigenvalue weighted by Gasteiger charge is 2.31. The van der Waals surface area contributed by atoms with E-state index >= 15 is 0 Å². The highest BCUT2D eigenvalue weighted by molar-refractivity contribution is 5.97. The topological polar surface area (TPSA) is 58.4 Å². The van der Waals surface area contributed by atoms with E-state index in [0.717, 1.165) is 41.4 Å². The summed E-state index contributed by atoms with van der Waals surface area (Å²) in [4.78, 5) is 14.6. The minimum absolute atomic E-state index is 0.0400. The Morgan fingerprint density at radius 1 is 1.26 bits per heavy atom. The van der Waals surface area contributed by atoms with Crippen molar-refractivity contribution in [2.45, 2.75) is 39.0 Å². The van der Waals surface area contributed by atoms with Gasteiger partial charge in [-0.25, -0.2) is 0 Å². The predicted molar refractivity (Wildman–Crippen MR) is 89.0 cm³/mol. The minimum Gasteiger partial charge on any atom is -0.371 e. The number of rotatable bonds is 2. The summed E-state index contributed by atoms with van der Waals surface area (Å²) in [5.41, 5.74) is 5.30. The van der Waals surface area contributed by atoms with Crippen molar-refractivity contribution in [1.29, 1.82) is 0 Å². The monoisotopic (exact) mass is 311 g/mol. The lowest BCUT2D eigenvalue weighted by atomic mass is 9.86. The van der Waals surface area contributed by atoms with E-state index < -0.39 is 0 Å². The van der Waals surface area contributed by atoms with Gasteiger partial charge >= 0.3 is 0 Å². The van der Waals surface area contributed by atoms with Gasteiger partial charge in [0.15, 0.2) is 0 Å². The first-order chi connectivity index (χ1) is 11.1. The Morgan fingerprint density at radius 2 is 2.04 bits per heavy atom. The van der Waals surface area contributed by atoms with Gasteiger partial charge in [-0.3, -0.25) is 4.79 Å².